The van der Waals surface area contributed by atoms with Gasteiger partial charge in [-0.15, -0.1) is 13.2 Å². The van der Waals surface area contributed by atoms with Gasteiger partial charge in [0.25, 0.3) is 5.75 Å². The molecule has 0 aliphatic carbocycles. The van der Waals surface area contributed by atoms with Crippen molar-refractivity contribution in [3.63, 3.8) is 0 Å². The number of methoxy groups -OCH3 is 1. The van der Waals surface area contributed by atoms with Crippen LogP contribution in [0.4, 0.5) is 23.2 Å². The van der Waals surface area contributed by atoms with Crippen molar-refractivity contribution in [2.24, 2.45) is 0 Å². The fourth-order valence-electron chi connectivity index (χ4n) is 1.15. The van der Waals surface area contributed by atoms with Crippen molar-refractivity contribution in [1.82, 2.24) is 4.98 Å². The Kier molecular flexibility index (Phi) is 3.89. The molecule has 100 valence electrons. The molecule has 0 aliphatic heterocycles. The summed E-state index contributed by atoms with van der Waals surface area (Å²) in [5.74, 6) is -1.98. The third-order valence-corrected chi connectivity index (χ3v) is 1.79. The van der Waals surface area contributed by atoms with Crippen LogP contribution in [0.15, 0.2) is 6.20 Å². The minimum absolute atomic E-state index is 0.471. The first-order chi connectivity index (χ1) is 8.30. The van der Waals surface area contributed by atoms with Crippen molar-refractivity contribution in [3.05, 3.63) is 22.0 Å². The lowest BCUT2D eigenvalue weighted by atomic mass is 10.3. The number of aromatic nitrogens is 1. The first-order valence-electron chi connectivity index (χ1n) is 4.32. The molecule has 0 N–H and O–H groups in total. The van der Waals surface area contributed by atoms with E-state index >= 15 is 0 Å². The highest BCUT2D eigenvalue weighted by Gasteiger charge is 2.37. The molecule has 0 aliphatic rings. The molecule has 1 aromatic heterocycles. The number of alkyl halides is 4. The quantitative estimate of drug-likeness (QED) is 0.477. The predicted molar refractivity (Wildman–Crippen MR) is 48.9 cm³/mol. The summed E-state index contributed by atoms with van der Waals surface area (Å²) in [6.45, 7) is -1.25. The van der Waals surface area contributed by atoms with Crippen LogP contribution in [0.5, 0.6) is 11.5 Å². The van der Waals surface area contributed by atoms with E-state index < -0.39 is 40.8 Å². The van der Waals surface area contributed by atoms with E-state index in [9.17, 15) is 27.7 Å². The minimum atomic E-state index is -5.17. The third-order valence-electron chi connectivity index (χ3n) is 1.79. The monoisotopic (exact) mass is 270 g/mol. The summed E-state index contributed by atoms with van der Waals surface area (Å²) in [4.78, 5) is 12.7. The Hall–Kier alpha value is -2.13. The summed E-state index contributed by atoms with van der Waals surface area (Å²) in [7, 11) is 0.920. The van der Waals surface area contributed by atoms with E-state index in [1.54, 1.807) is 0 Å². The maximum Gasteiger partial charge on any atom is 0.573 e. The first-order valence-corrected chi connectivity index (χ1v) is 4.32. The normalized spacial score (nSPS) is 11.2. The molecule has 10 heteroatoms. The second-order valence-corrected chi connectivity index (χ2v) is 2.89. The molecule has 0 saturated heterocycles. The molecule has 0 amide bonds. The molecule has 0 aromatic carbocycles. The number of halogens is 4. The van der Waals surface area contributed by atoms with E-state index in [0.717, 1.165) is 7.11 Å². The van der Waals surface area contributed by atoms with Gasteiger partial charge >= 0.3 is 12.0 Å². The average molecular weight is 270 g/mol. The zero-order chi connectivity index (χ0) is 13.9. The number of rotatable bonds is 4. The van der Waals surface area contributed by atoms with E-state index in [0.29, 0.717) is 6.20 Å². The Morgan fingerprint density at radius 3 is 2.44 bits per heavy atom. The van der Waals surface area contributed by atoms with Gasteiger partial charge in [0.1, 0.15) is 18.6 Å². The van der Waals surface area contributed by atoms with Crippen LogP contribution >= 0.6 is 0 Å². The van der Waals surface area contributed by atoms with Gasteiger partial charge in [-0.05, 0) is 0 Å². The number of pyridine rings is 1. The Balaban J connectivity index is 3.43. The van der Waals surface area contributed by atoms with Gasteiger partial charge in [-0.25, -0.2) is 9.37 Å². The van der Waals surface area contributed by atoms with Crippen LogP contribution < -0.4 is 9.47 Å². The standard InChI is InChI=1S/C8H6F4N2O4/c1-17-6-4(2-9)13-3-5(14(15)16)7(6)18-8(10,11)12/h3H,2H2,1H3. The van der Waals surface area contributed by atoms with Gasteiger partial charge < -0.3 is 9.47 Å². The van der Waals surface area contributed by atoms with E-state index in [1.165, 1.54) is 0 Å². The molecule has 6 nitrogen and oxygen atoms in total. The van der Waals surface area contributed by atoms with Gasteiger partial charge in [0.2, 0.25) is 0 Å². The lowest BCUT2D eigenvalue weighted by Crippen LogP contribution is -2.19. The number of nitro groups is 1. The zero-order valence-electron chi connectivity index (χ0n) is 8.82. The smallest absolute Gasteiger partial charge is 0.491 e. The molecule has 0 saturated carbocycles. The number of ether oxygens (including phenoxy) is 2. The molecule has 0 atom stereocenters. The minimum Gasteiger partial charge on any atom is -0.491 e. The predicted octanol–water partition coefficient (Wildman–Crippen LogP) is 2.37. The first kappa shape index (κ1) is 13.9. The van der Waals surface area contributed by atoms with Gasteiger partial charge in [-0.1, -0.05) is 0 Å². The van der Waals surface area contributed by atoms with Crippen LogP contribution in [-0.2, 0) is 6.67 Å². The highest BCUT2D eigenvalue weighted by molar-refractivity contribution is 5.56. The largest absolute Gasteiger partial charge is 0.573 e. The Labute approximate surface area is 97.3 Å². The Morgan fingerprint density at radius 2 is 2.06 bits per heavy atom. The molecular formula is C8H6F4N2O4. The molecule has 1 rings (SSSR count). The molecule has 18 heavy (non-hydrogen) atoms. The van der Waals surface area contributed by atoms with Crippen molar-refractivity contribution in [3.8, 4) is 11.5 Å². The Morgan fingerprint density at radius 1 is 1.44 bits per heavy atom. The summed E-state index contributed by atoms with van der Waals surface area (Å²) in [6.07, 6.45) is -4.70. The van der Waals surface area contributed by atoms with Gasteiger partial charge in [-0.2, -0.15) is 0 Å². The SMILES string of the molecule is COc1c(CF)ncc([N+](=O)[O-])c1OC(F)(F)F. The fourth-order valence-corrected chi connectivity index (χ4v) is 1.15. The van der Waals surface area contributed by atoms with Crippen molar-refractivity contribution in [2.45, 2.75) is 13.0 Å². The van der Waals surface area contributed by atoms with Crippen LogP contribution in [-0.4, -0.2) is 23.4 Å². The summed E-state index contributed by atoms with van der Waals surface area (Å²) in [5, 5.41) is 10.5. The van der Waals surface area contributed by atoms with Crippen molar-refractivity contribution in [1.29, 1.82) is 0 Å². The van der Waals surface area contributed by atoms with Gasteiger partial charge in [-0.3, -0.25) is 10.1 Å². The van der Waals surface area contributed by atoms with Crippen LogP contribution in [0.25, 0.3) is 0 Å². The summed E-state index contributed by atoms with van der Waals surface area (Å²) in [5.41, 5.74) is -1.59. The molecular weight excluding hydrogens is 264 g/mol. The second-order valence-electron chi connectivity index (χ2n) is 2.89. The van der Waals surface area contributed by atoms with Crippen molar-refractivity contribution in [2.75, 3.05) is 7.11 Å². The molecule has 1 aromatic rings. The van der Waals surface area contributed by atoms with Crippen molar-refractivity contribution >= 4 is 5.69 Å². The fraction of sp³-hybridized carbons (Fsp3) is 0.375. The lowest BCUT2D eigenvalue weighted by Gasteiger charge is -2.13. The summed E-state index contributed by atoms with van der Waals surface area (Å²) in [6, 6.07) is 0. The van der Waals surface area contributed by atoms with E-state index in [2.05, 4.69) is 14.5 Å². The second kappa shape index (κ2) is 5.02. The topological polar surface area (TPSA) is 74.5 Å². The molecule has 1 heterocycles. The zero-order valence-corrected chi connectivity index (χ0v) is 8.82. The Bertz CT molecular complexity index is 463. The summed E-state index contributed by atoms with van der Waals surface area (Å²) < 4.78 is 56.8. The maximum atomic E-state index is 12.5. The summed E-state index contributed by atoms with van der Waals surface area (Å²) >= 11 is 0. The lowest BCUT2D eigenvalue weighted by molar-refractivity contribution is -0.389. The van der Waals surface area contributed by atoms with Crippen LogP contribution in [0.3, 0.4) is 0 Å². The van der Waals surface area contributed by atoms with E-state index in [1.807, 2.05) is 0 Å². The molecule has 0 radical (unpaired) electrons. The highest BCUT2D eigenvalue weighted by Crippen LogP contribution is 2.41. The molecule has 0 fully saturated rings. The van der Waals surface area contributed by atoms with Gasteiger partial charge in [0, 0.05) is 0 Å². The van der Waals surface area contributed by atoms with E-state index in [4.69, 9.17) is 0 Å². The van der Waals surface area contributed by atoms with E-state index in [-0.39, 0.29) is 0 Å². The molecule has 0 bridgehead atoms. The third kappa shape index (κ3) is 2.96. The molecule has 0 spiro atoms. The number of hydrogen-bond donors (Lipinski definition) is 0. The molecule has 0 unspecified atom stereocenters. The highest BCUT2D eigenvalue weighted by atomic mass is 19.4. The number of nitrogens with zero attached hydrogens (tertiary/aromatic N) is 2. The van der Waals surface area contributed by atoms with Crippen LogP contribution in [0.2, 0.25) is 0 Å². The average Bonchev–Trinajstić information content (AvgIpc) is 2.25. The van der Waals surface area contributed by atoms with Crippen LogP contribution in [0.1, 0.15) is 5.69 Å². The maximum absolute atomic E-state index is 12.5. The van der Waals surface area contributed by atoms with Gasteiger partial charge in [0.05, 0.1) is 12.0 Å². The van der Waals surface area contributed by atoms with Crippen molar-refractivity contribution < 1.29 is 32.0 Å². The van der Waals surface area contributed by atoms with Gasteiger partial charge in [0.15, 0.2) is 5.75 Å². The number of hydrogen-bond acceptors (Lipinski definition) is 5. The van der Waals surface area contributed by atoms with Crippen LogP contribution in [0, 0.1) is 10.1 Å².